The van der Waals surface area contributed by atoms with Crippen LogP contribution in [0.25, 0.3) is 10.2 Å². The van der Waals surface area contributed by atoms with Gasteiger partial charge in [0.1, 0.15) is 21.1 Å². The van der Waals surface area contributed by atoms with Crippen LogP contribution >= 0.6 is 34.4 Å². The summed E-state index contributed by atoms with van der Waals surface area (Å²) in [6, 6.07) is 0. The van der Waals surface area contributed by atoms with E-state index in [0.29, 0.717) is 11.5 Å². The van der Waals surface area contributed by atoms with Crippen molar-refractivity contribution >= 4 is 50.6 Å². The topological polar surface area (TPSA) is 65.0 Å². The minimum absolute atomic E-state index is 0.302. The van der Waals surface area contributed by atoms with Crippen LogP contribution in [0.2, 0.25) is 0 Å². The Labute approximate surface area is 139 Å². The summed E-state index contributed by atoms with van der Waals surface area (Å²) in [5, 5.41) is 3.74. The standard InChI is InChI=1S/C14H13N3O2S3/c1-4-19-13(18)10-8(3)9-11(21-10)15-6-16-12(9)22-14-17-7(2)5-20-14/h5-6H,4H2,1-3H3. The van der Waals surface area contributed by atoms with Gasteiger partial charge in [-0.15, -0.1) is 22.7 Å². The molecular weight excluding hydrogens is 338 g/mol. The van der Waals surface area contributed by atoms with E-state index < -0.39 is 0 Å². The Kier molecular flexibility index (Phi) is 4.42. The first-order valence-electron chi connectivity index (χ1n) is 6.61. The van der Waals surface area contributed by atoms with Crippen LogP contribution in [-0.2, 0) is 4.74 Å². The molecule has 22 heavy (non-hydrogen) atoms. The SMILES string of the molecule is CCOC(=O)c1sc2ncnc(Sc3nc(C)cs3)c2c1C. The van der Waals surface area contributed by atoms with E-state index in [0.717, 1.165) is 30.8 Å². The molecule has 0 radical (unpaired) electrons. The van der Waals surface area contributed by atoms with Gasteiger partial charge in [0, 0.05) is 16.5 Å². The second-order valence-corrected chi connectivity index (χ2v) is 7.59. The monoisotopic (exact) mass is 351 g/mol. The molecule has 0 saturated carbocycles. The lowest BCUT2D eigenvalue weighted by Crippen LogP contribution is -2.03. The van der Waals surface area contributed by atoms with Crippen LogP contribution in [0.3, 0.4) is 0 Å². The predicted molar refractivity (Wildman–Crippen MR) is 89.1 cm³/mol. The first kappa shape index (κ1) is 15.4. The van der Waals surface area contributed by atoms with Crippen LogP contribution in [0.1, 0.15) is 27.9 Å². The lowest BCUT2D eigenvalue weighted by Gasteiger charge is -2.01. The van der Waals surface area contributed by atoms with Crippen LogP contribution in [0, 0.1) is 13.8 Å². The number of ether oxygens (including phenoxy) is 1. The highest BCUT2D eigenvalue weighted by atomic mass is 32.2. The average molecular weight is 351 g/mol. The third kappa shape index (κ3) is 2.86. The second-order valence-electron chi connectivity index (χ2n) is 4.49. The average Bonchev–Trinajstić information content (AvgIpc) is 3.04. The number of fused-ring (bicyclic) bond motifs is 1. The number of thiophene rings is 1. The Morgan fingerprint density at radius 3 is 2.86 bits per heavy atom. The van der Waals surface area contributed by atoms with Gasteiger partial charge in [-0.25, -0.2) is 19.7 Å². The first-order valence-corrected chi connectivity index (χ1v) is 9.12. The molecule has 8 heteroatoms. The fourth-order valence-electron chi connectivity index (χ4n) is 1.97. The van der Waals surface area contributed by atoms with E-state index in [1.807, 2.05) is 19.2 Å². The van der Waals surface area contributed by atoms with Crippen molar-refractivity contribution in [2.45, 2.75) is 30.1 Å². The van der Waals surface area contributed by atoms with Gasteiger partial charge in [0.25, 0.3) is 0 Å². The van der Waals surface area contributed by atoms with Crippen LogP contribution in [0.5, 0.6) is 0 Å². The van der Waals surface area contributed by atoms with Crippen LogP contribution < -0.4 is 0 Å². The van der Waals surface area contributed by atoms with Gasteiger partial charge < -0.3 is 4.74 Å². The van der Waals surface area contributed by atoms with Crippen molar-refractivity contribution in [1.82, 2.24) is 15.0 Å². The van der Waals surface area contributed by atoms with Crippen molar-refractivity contribution < 1.29 is 9.53 Å². The maximum absolute atomic E-state index is 12.0. The quantitative estimate of drug-likeness (QED) is 0.521. The minimum Gasteiger partial charge on any atom is -0.462 e. The van der Waals surface area contributed by atoms with Crippen LogP contribution in [0.15, 0.2) is 21.1 Å². The molecule has 0 saturated heterocycles. The Hall–Kier alpha value is -1.51. The van der Waals surface area contributed by atoms with E-state index in [1.165, 1.54) is 29.4 Å². The van der Waals surface area contributed by atoms with E-state index in [-0.39, 0.29) is 5.97 Å². The van der Waals surface area contributed by atoms with Gasteiger partial charge in [-0.05, 0) is 38.1 Å². The molecule has 3 aromatic heterocycles. The van der Waals surface area contributed by atoms with Crippen molar-refractivity contribution in [3.63, 3.8) is 0 Å². The van der Waals surface area contributed by atoms with Gasteiger partial charge in [-0.3, -0.25) is 0 Å². The summed E-state index contributed by atoms with van der Waals surface area (Å²) in [6.07, 6.45) is 1.52. The Morgan fingerprint density at radius 1 is 1.36 bits per heavy atom. The molecule has 0 aromatic carbocycles. The number of aromatic nitrogens is 3. The molecule has 0 spiro atoms. The number of nitrogens with zero attached hydrogens (tertiary/aromatic N) is 3. The minimum atomic E-state index is -0.302. The fourth-order valence-corrected chi connectivity index (χ4v) is 4.98. The molecule has 0 atom stereocenters. The number of hydrogen-bond donors (Lipinski definition) is 0. The highest BCUT2D eigenvalue weighted by Gasteiger charge is 2.20. The van der Waals surface area contributed by atoms with Crippen LogP contribution in [-0.4, -0.2) is 27.5 Å². The zero-order valence-corrected chi connectivity index (χ0v) is 14.7. The van der Waals surface area contributed by atoms with Crippen LogP contribution in [0.4, 0.5) is 0 Å². The van der Waals surface area contributed by atoms with Gasteiger partial charge >= 0.3 is 5.97 Å². The highest BCUT2D eigenvalue weighted by Crippen LogP contribution is 2.38. The summed E-state index contributed by atoms with van der Waals surface area (Å²) in [5.74, 6) is -0.302. The Balaban J connectivity index is 2.06. The van der Waals surface area contributed by atoms with E-state index in [4.69, 9.17) is 4.74 Å². The zero-order chi connectivity index (χ0) is 15.7. The van der Waals surface area contributed by atoms with Gasteiger partial charge in [0.15, 0.2) is 4.34 Å². The summed E-state index contributed by atoms with van der Waals surface area (Å²) in [4.78, 5) is 26.5. The number of hydrogen-bond acceptors (Lipinski definition) is 8. The molecule has 0 N–H and O–H groups in total. The molecule has 114 valence electrons. The lowest BCUT2D eigenvalue weighted by molar-refractivity contribution is 0.0531. The number of rotatable bonds is 4. The van der Waals surface area contributed by atoms with E-state index in [1.54, 1.807) is 18.3 Å². The van der Waals surface area contributed by atoms with Crippen molar-refractivity contribution in [1.29, 1.82) is 0 Å². The fraction of sp³-hybridized carbons (Fsp3) is 0.286. The lowest BCUT2D eigenvalue weighted by atomic mass is 10.2. The molecule has 0 bridgehead atoms. The van der Waals surface area contributed by atoms with Gasteiger partial charge in [0.2, 0.25) is 0 Å². The zero-order valence-electron chi connectivity index (χ0n) is 12.2. The molecule has 0 unspecified atom stereocenters. The largest absolute Gasteiger partial charge is 0.462 e. The maximum Gasteiger partial charge on any atom is 0.348 e. The number of thiazole rings is 1. The molecule has 3 rings (SSSR count). The summed E-state index contributed by atoms with van der Waals surface area (Å²) < 4.78 is 6.04. The molecule has 0 amide bonds. The van der Waals surface area contributed by atoms with E-state index in [9.17, 15) is 4.79 Å². The molecule has 3 aromatic rings. The highest BCUT2D eigenvalue weighted by molar-refractivity contribution is 8.01. The number of aryl methyl sites for hydroxylation is 2. The molecule has 3 heterocycles. The molecule has 0 aliphatic heterocycles. The van der Waals surface area contributed by atoms with Crippen molar-refractivity contribution in [3.05, 3.63) is 27.8 Å². The third-order valence-corrected chi connectivity index (χ3v) is 6.17. The second kappa shape index (κ2) is 6.31. The number of esters is 1. The third-order valence-electron chi connectivity index (χ3n) is 2.93. The van der Waals surface area contributed by atoms with Gasteiger partial charge in [-0.1, -0.05) is 0 Å². The molecule has 0 aliphatic carbocycles. The van der Waals surface area contributed by atoms with E-state index in [2.05, 4.69) is 15.0 Å². The summed E-state index contributed by atoms with van der Waals surface area (Å²) in [7, 11) is 0. The van der Waals surface area contributed by atoms with Crippen molar-refractivity contribution in [2.75, 3.05) is 6.61 Å². The number of carbonyl (C=O) groups is 1. The smallest absolute Gasteiger partial charge is 0.348 e. The summed E-state index contributed by atoms with van der Waals surface area (Å²) in [5.41, 5.74) is 1.86. The number of carbonyl (C=O) groups excluding carboxylic acids is 1. The molecule has 5 nitrogen and oxygen atoms in total. The van der Waals surface area contributed by atoms with Crippen molar-refractivity contribution in [2.24, 2.45) is 0 Å². The van der Waals surface area contributed by atoms with Gasteiger partial charge in [-0.2, -0.15) is 0 Å². The predicted octanol–water partition coefficient (Wildman–Crippen LogP) is 4.09. The van der Waals surface area contributed by atoms with E-state index >= 15 is 0 Å². The molecular formula is C14H13N3O2S3. The normalized spacial score (nSPS) is 11.0. The Bertz CT molecular complexity index is 841. The Morgan fingerprint density at radius 2 is 2.18 bits per heavy atom. The van der Waals surface area contributed by atoms with Gasteiger partial charge in [0.05, 0.1) is 6.61 Å². The summed E-state index contributed by atoms with van der Waals surface area (Å²) >= 11 is 4.43. The van der Waals surface area contributed by atoms with Crippen molar-refractivity contribution in [3.8, 4) is 0 Å². The summed E-state index contributed by atoms with van der Waals surface area (Å²) in [6.45, 7) is 6.03. The molecule has 0 fully saturated rings. The maximum atomic E-state index is 12.0. The first-order chi connectivity index (χ1) is 10.6. The molecule has 0 aliphatic rings.